The van der Waals surface area contributed by atoms with Crippen LogP contribution in [0.1, 0.15) is 12.5 Å². The van der Waals surface area contributed by atoms with E-state index in [9.17, 15) is 4.39 Å². The van der Waals surface area contributed by atoms with Gasteiger partial charge in [-0.2, -0.15) is 0 Å². The highest BCUT2D eigenvalue weighted by Gasteiger charge is 2.10. The van der Waals surface area contributed by atoms with Crippen molar-refractivity contribution in [3.63, 3.8) is 0 Å². The van der Waals surface area contributed by atoms with E-state index in [1.807, 2.05) is 6.92 Å². The minimum Gasteiger partial charge on any atom is -0.439 e. The minimum atomic E-state index is -0.315. The van der Waals surface area contributed by atoms with Crippen molar-refractivity contribution in [3.05, 3.63) is 42.0 Å². The number of nitrogens with one attached hydrogen (secondary N) is 1. The summed E-state index contributed by atoms with van der Waals surface area (Å²) in [5, 5.41) is 0. The predicted octanol–water partition coefficient (Wildman–Crippen LogP) is 2.26. The molecule has 6 heteroatoms. The number of hydrazine groups is 1. The molecule has 0 atom stereocenters. The van der Waals surface area contributed by atoms with Crippen molar-refractivity contribution in [3.8, 4) is 11.6 Å². The third kappa shape index (κ3) is 2.54. The summed E-state index contributed by atoms with van der Waals surface area (Å²) in [5.41, 5.74) is 3.26. The highest BCUT2D eigenvalue weighted by atomic mass is 19.1. The van der Waals surface area contributed by atoms with Crippen LogP contribution >= 0.6 is 0 Å². The van der Waals surface area contributed by atoms with Crippen LogP contribution in [0.15, 0.2) is 30.6 Å². The molecule has 2 rings (SSSR count). The lowest BCUT2D eigenvalue weighted by atomic mass is 10.2. The summed E-state index contributed by atoms with van der Waals surface area (Å²) in [6, 6.07) is 5.72. The molecule has 0 aliphatic carbocycles. The first kappa shape index (κ1) is 12.3. The maximum Gasteiger partial charge on any atom is 0.227 e. The second-order valence-corrected chi connectivity index (χ2v) is 3.56. The first-order chi connectivity index (χ1) is 8.74. The van der Waals surface area contributed by atoms with Gasteiger partial charge in [0, 0.05) is 0 Å². The van der Waals surface area contributed by atoms with Crippen molar-refractivity contribution in [2.45, 2.75) is 13.3 Å². The van der Waals surface area contributed by atoms with Crippen LogP contribution in [0, 0.1) is 5.82 Å². The first-order valence-electron chi connectivity index (χ1n) is 5.48. The van der Waals surface area contributed by atoms with E-state index >= 15 is 0 Å². The number of ether oxygens (including phenoxy) is 1. The van der Waals surface area contributed by atoms with Crippen LogP contribution in [-0.2, 0) is 6.42 Å². The summed E-state index contributed by atoms with van der Waals surface area (Å²) in [5.74, 6) is 6.48. The number of benzene rings is 1. The fourth-order valence-corrected chi connectivity index (χ4v) is 1.54. The molecule has 2 aromatic rings. The summed E-state index contributed by atoms with van der Waals surface area (Å²) in [6.07, 6.45) is 2.02. The van der Waals surface area contributed by atoms with Gasteiger partial charge >= 0.3 is 0 Å². The lowest BCUT2D eigenvalue weighted by Crippen LogP contribution is -2.12. The number of anilines is 1. The van der Waals surface area contributed by atoms with E-state index < -0.39 is 0 Å². The van der Waals surface area contributed by atoms with E-state index in [-0.39, 0.29) is 5.82 Å². The number of rotatable bonds is 4. The molecular formula is C12H13FN4O. The van der Waals surface area contributed by atoms with Gasteiger partial charge in [-0.1, -0.05) is 6.92 Å². The molecule has 0 spiro atoms. The van der Waals surface area contributed by atoms with Crippen LogP contribution in [0.25, 0.3) is 0 Å². The molecule has 0 bridgehead atoms. The standard InChI is InChI=1S/C12H13FN4O/c1-2-10-11(17-14)15-7-16-12(10)18-9-5-3-8(13)4-6-9/h3-7H,2,14H2,1H3,(H,15,16,17). The van der Waals surface area contributed by atoms with Crippen LogP contribution in [0.2, 0.25) is 0 Å². The lowest BCUT2D eigenvalue weighted by molar-refractivity contribution is 0.454. The Labute approximate surface area is 104 Å². The van der Waals surface area contributed by atoms with Crippen molar-refractivity contribution in [2.24, 2.45) is 5.84 Å². The molecule has 0 aliphatic rings. The number of nitrogen functional groups attached to an aromatic ring is 1. The number of nitrogens with zero attached hydrogens (tertiary/aromatic N) is 2. The van der Waals surface area contributed by atoms with Gasteiger partial charge < -0.3 is 10.2 Å². The van der Waals surface area contributed by atoms with E-state index in [2.05, 4.69) is 15.4 Å². The minimum absolute atomic E-state index is 0.315. The summed E-state index contributed by atoms with van der Waals surface area (Å²) in [6.45, 7) is 1.94. The quantitative estimate of drug-likeness (QED) is 0.641. The molecule has 0 aliphatic heterocycles. The van der Waals surface area contributed by atoms with Crippen LogP contribution in [-0.4, -0.2) is 9.97 Å². The van der Waals surface area contributed by atoms with E-state index in [0.29, 0.717) is 23.9 Å². The summed E-state index contributed by atoms with van der Waals surface area (Å²) in [4.78, 5) is 8.05. The monoisotopic (exact) mass is 248 g/mol. The fraction of sp³-hybridized carbons (Fsp3) is 0.167. The molecule has 0 saturated heterocycles. The lowest BCUT2D eigenvalue weighted by Gasteiger charge is -2.11. The summed E-state index contributed by atoms with van der Waals surface area (Å²) in [7, 11) is 0. The van der Waals surface area contributed by atoms with Gasteiger partial charge in [-0.3, -0.25) is 0 Å². The van der Waals surface area contributed by atoms with Crippen LogP contribution < -0.4 is 16.0 Å². The Morgan fingerprint density at radius 1 is 1.28 bits per heavy atom. The Kier molecular flexibility index (Phi) is 3.69. The topological polar surface area (TPSA) is 73.1 Å². The zero-order valence-electron chi connectivity index (χ0n) is 9.85. The normalized spacial score (nSPS) is 10.2. The molecule has 18 heavy (non-hydrogen) atoms. The average molecular weight is 248 g/mol. The number of nitrogens with two attached hydrogens (primary N) is 1. The van der Waals surface area contributed by atoms with E-state index in [1.54, 1.807) is 0 Å². The Balaban J connectivity index is 2.31. The Bertz CT molecular complexity index is 530. The average Bonchev–Trinajstić information content (AvgIpc) is 2.41. The van der Waals surface area contributed by atoms with E-state index in [1.165, 1.54) is 30.6 Å². The van der Waals surface area contributed by atoms with E-state index in [4.69, 9.17) is 10.6 Å². The molecule has 1 aromatic carbocycles. The summed E-state index contributed by atoms with van der Waals surface area (Å²) >= 11 is 0. The SMILES string of the molecule is CCc1c(NN)ncnc1Oc1ccc(F)cc1. The molecule has 0 radical (unpaired) electrons. The van der Waals surface area contributed by atoms with Gasteiger partial charge in [0.2, 0.25) is 5.88 Å². The van der Waals surface area contributed by atoms with Gasteiger partial charge in [0.05, 0.1) is 5.56 Å². The van der Waals surface area contributed by atoms with E-state index in [0.717, 1.165) is 5.56 Å². The molecule has 0 saturated carbocycles. The zero-order chi connectivity index (χ0) is 13.0. The Hall–Kier alpha value is -2.21. The number of hydrogen-bond donors (Lipinski definition) is 2. The second kappa shape index (κ2) is 5.42. The maximum atomic E-state index is 12.8. The molecule has 0 unspecified atom stereocenters. The Morgan fingerprint density at radius 3 is 2.61 bits per heavy atom. The largest absolute Gasteiger partial charge is 0.439 e. The highest BCUT2D eigenvalue weighted by Crippen LogP contribution is 2.26. The zero-order valence-corrected chi connectivity index (χ0v) is 9.85. The second-order valence-electron chi connectivity index (χ2n) is 3.56. The van der Waals surface area contributed by atoms with Gasteiger partial charge in [-0.05, 0) is 30.7 Å². The van der Waals surface area contributed by atoms with Crippen molar-refractivity contribution in [2.75, 3.05) is 5.43 Å². The van der Waals surface area contributed by atoms with Crippen molar-refractivity contribution in [1.29, 1.82) is 0 Å². The number of halogens is 1. The molecular weight excluding hydrogens is 235 g/mol. The van der Waals surface area contributed by atoms with Gasteiger partial charge in [0.15, 0.2) is 0 Å². The van der Waals surface area contributed by atoms with Crippen LogP contribution in [0.4, 0.5) is 10.2 Å². The van der Waals surface area contributed by atoms with Gasteiger partial charge in [0.25, 0.3) is 0 Å². The molecule has 0 fully saturated rings. The van der Waals surface area contributed by atoms with Gasteiger partial charge in [-0.15, -0.1) is 0 Å². The van der Waals surface area contributed by atoms with Crippen molar-refractivity contribution in [1.82, 2.24) is 9.97 Å². The molecule has 0 amide bonds. The predicted molar refractivity (Wildman–Crippen MR) is 65.7 cm³/mol. The molecule has 1 aromatic heterocycles. The summed E-state index contributed by atoms with van der Waals surface area (Å²) < 4.78 is 18.4. The molecule has 5 nitrogen and oxygen atoms in total. The molecule has 3 N–H and O–H groups in total. The highest BCUT2D eigenvalue weighted by molar-refractivity contribution is 5.48. The molecule has 94 valence electrons. The van der Waals surface area contributed by atoms with Crippen LogP contribution in [0.5, 0.6) is 11.6 Å². The van der Waals surface area contributed by atoms with Crippen molar-refractivity contribution >= 4 is 5.82 Å². The maximum absolute atomic E-state index is 12.8. The third-order valence-electron chi connectivity index (χ3n) is 2.42. The van der Waals surface area contributed by atoms with Gasteiger partial charge in [-0.25, -0.2) is 20.2 Å². The van der Waals surface area contributed by atoms with Crippen LogP contribution in [0.3, 0.4) is 0 Å². The third-order valence-corrected chi connectivity index (χ3v) is 2.42. The smallest absolute Gasteiger partial charge is 0.227 e. The number of aromatic nitrogens is 2. The molecule has 1 heterocycles. The Morgan fingerprint density at radius 2 is 2.00 bits per heavy atom. The number of hydrogen-bond acceptors (Lipinski definition) is 5. The van der Waals surface area contributed by atoms with Gasteiger partial charge in [0.1, 0.15) is 23.7 Å². The van der Waals surface area contributed by atoms with Crippen molar-refractivity contribution < 1.29 is 9.13 Å². The fourth-order valence-electron chi connectivity index (χ4n) is 1.54. The first-order valence-corrected chi connectivity index (χ1v) is 5.48.